The van der Waals surface area contributed by atoms with Gasteiger partial charge in [-0.05, 0) is 32.2 Å². The molecule has 1 amide bonds. The van der Waals surface area contributed by atoms with E-state index < -0.39 is 0 Å². The molecule has 4 nitrogen and oxygen atoms in total. The maximum absolute atomic E-state index is 11.5. The number of hydrogen-bond donors (Lipinski definition) is 1. The fourth-order valence-corrected chi connectivity index (χ4v) is 2.31. The summed E-state index contributed by atoms with van der Waals surface area (Å²) in [5.74, 6) is 0.854. The smallest absolute Gasteiger partial charge is 0.222 e. The summed E-state index contributed by atoms with van der Waals surface area (Å²) < 4.78 is 5.39. The molecule has 0 bridgehead atoms. The molecule has 4 heteroatoms. The van der Waals surface area contributed by atoms with Crippen LogP contribution >= 0.6 is 0 Å². The topological polar surface area (TPSA) is 41.6 Å². The highest BCUT2D eigenvalue weighted by Crippen LogP contribution is 2.15. The van der Waals surface area contributed by atoms with Gasteiger partial charge in [0.05, 0.1) is 6.61 Å². The third-order valence-corrected chi connectivity index (χ3v) is 3.45. The number of nitrogens with one attached hydrogen (secondary N) is 1. The van der Waals surface area contributed by atoms with E-state index in [4.69, 9.17) is 4.74 Å². The number of rotatable bonds is 7. The number of likely N-dealkylation sites (tertiary alicyclic amines) is 1. The first-order valence-corrected chi connectivity index (χ1v) is 7.21. The summed E-state index contributed by atoms with van der Waals surface area (Å²) in [6.07, 6.45) is 2.46. The van der Waals surface area contributed by atoms with Crippen molar-refractivity contribution >= 4 is 5.91 Å². The van der Waals surface area contributed by atoms with Crippen LogP contribution in [0.5, 0.6) is 0 Å². The molecule has 0 aromatic rings. The van der Waals surface area contributed by atoms with Crippen LogP contribution in [0.3, 0.4) is 0 Å². The first-order chi connectivity index (χ1) is 8.63. The van der Waals surface area contributed by atoms with Crippen molar-refractivity contribution in [2.24, 2.45) is 11.8 Å². The number of hydrogen-bond acceptors (Lipinski definition) is 3. The zero-order valence-electron chi connectivity index (χ0n) is 12.1. The third-order valence-electron chi connectivity index (χ3n) is 3.45. The minimum absolute atomic E-state index is 0.0858. The lowest BCUT2D eigenvalue weighted by Crippen LogP contribution is -2.42. The van der Waals surface area contributed by atoms with Gasteiger partial charge in [-0.25, -0.2) is 0 Å². The molecule has 0 saturated carbocycles. The monoisotopic (exact) mass is 256 g/mol. The Morgan fingerprint density at radius 1 is 1.50 bits per heavy atom. The van der Waals surface area contributed by atoms with Crippen molar-refractivity contribution in [1.82, 2.24) is 10.2 Å². The van der Waals surface area contributed by atoms with Crippen molar-refractivity contribution in [3.05, 3.63) is 0 Å². The largest absolute Gasteiger partial charge is 0.380 e. The Bertz CT molecular complexity index is 244. The number of piperidine rings is 1. The molecule has 1 N–H and O–H groups in total. The molecule has 0 radical (unpaired) electrons. The van der Waals surface area contributed by atoms with E-state index in [0.29, 0.717) is 5.92 Å². The Balaban J connectivity index is 2.20. The predicted octanol–water partition coefficient (Wildman–Crippen LogP) is 1.51. The van der Waals surface area contributed by atoms with Crippen LogP contribution in [0, 0.1) is 11.8 Å². The first-order valence-electron chi connectivity index (χ1n) is 7.21. The molecule has 1 aliphatic rings. The van der Waals surface area contributed by atoms with Crippen LogP contribution in [0.4, 0.5) is 0 Å². The highest BCUT2D eigenvalue weighted by atomic mass is 16.5. The molecule has 1 fully saturated rings. The van der Waals surface area contributed by atoms with Gasteiger partial charge in [0.1, 0.15) is 0 Å². The van der Waals surface area contributed by atoms with E-state index in [-0.39, 0.29) is 11.8 Å². The normalized spacial score (nSPS) is 21.2. The Labute approximate surface area is 111 Å². The molecule has 0 aromatic carbocycles. The van der Waals surface area contributed by atoms with E-state index in [1.807, 2.05) is 20.8 Å². The number of nitrogens with zero attached hydrogens (tertiary/aromatic N) is 1. The lowest BCUT2D eigenvalue weighted by atomic mass is 9.98. The first kappa shape index (κ1) is 15.4. The second-order valence-corrected chi connectivity index (χ2v) is 5.41. The third kappa shape index (κ3) is 5.83. The minimum Gasteiger partial charge on any atom is -0.380 e. The van der Waals surface area contributed by atoms with Gasteiger partial charge in [0, 0.05) is 32.2 Å². The summed E-state index contributed by atoms with van der Waals surface area (Å²) in [6, 6.07) is 0. The Morgan fingerprint density at radius 2 is 2.28 bits per heavy atom. The molecular weight excluding hydrogens is 228 g/mol. The van der Waals surface area contributed by atoms with E-state index in [2.05, 4.69) is 10.2 Å². The van der Waals surface area contributed by atoms with Gasteiger partial charge in [-0.2, -0.15) is 0 Å². The average Bonchev–Trinajstić information content (AvgIpc) is 2.36. The van der Waals surface area contributed by atoms with Gasteiger partial charge in [-0.1, -0.05) is 13.8 Å². The van der Waals surface area contributed by atoms with E-state index in [1.54, 1.807) is 0 Å². The molecule has 1 atom stereocenters. The van der Waals surface area contributed by atoms with Crippen molar-refractivity contribution in [1.29, 1.82) is 0 Å². The lowest BCUT2D eigenvalue weighted by Gasteiger charge is -2.32. The molecule has 0 unspecified atom stereocenters. The molecule has 1 rings (SSSR count). The van der Waals surface area contributed by atoms with Gasteiger partial charge in [0.15, 0.2) is 0 Å². The Kier molecular flexibility index (Phi) is 7.28. The fraction of sp³-hybridized carbons (Fsp3) is 0.929. The molecule has 0 spiro atoms. The summed E-state index contributed by atoms with van der Waals surface area (Å²) >= 11 is 0. The maximum Gasteiger partial charge on any atom is 0.222 e. The van der Waals surface area contributed by atoms with Crippen molar-refractivity contribution < 1.29 is 9.53 Å². The van der Waals surface area contributed by atoms with Crippen LogP contribution in [0.1, 0.15) is 33.6 Å². The summed E-state index contributed by atoms with van der Waals surface area (Å²) in [5, 5.41) is 3.04. The number of ether oxygens (including phenoxy) is 1. The molecule has 0 aromatic heterocycles. The van der Waals surface area contributed by atoms with Crippen molar-refractivity contribution in [3.8, 4) is 0 Å². The number of amides is 1. The van der Waals surface area contributed by atoms with Crippen LogP contribution < -0.4 is 5.32 Å². The molecule has 18 heavy (non-hydrogen) atoms. The molecule has 0 aliphatic carbocycles. The quantitative estimate of drug-likeness (QED) is 0.702. The van der Waals surface area contributed by atoms with Crippen LogP contribution in [-0.4, -0.2) is 50.2 Å². The summed E-state index contributed by atoms with van der Waals surface area (Å²) in [5.41, 5.74) is 0. The van der Waals surface area contributed by atoms with Gasteiger partial charge in [0.25, 0.3) is 0 Å². The summed E-state index contributed by atoms with van der Waals surface area (Å²) in [6.45, 7) is 11.6. The number of carbonyl (C=O) groups excluding carboxylic acids is 1. The standard InChI is InChI=1S/C14H28N2O2/c1-4-18-9-8-16-7-5-6-13(11-16)10-15-14(17)12(2)3/h12-13H,4-11H2,1-3H3,(H,15,17)/t13-/m1/s1. The van der Waals surface area contributed by atoms with E-state index in [9.17, 15) is 4.79 Å². The predicted molar refractivity (Wildman–Crippen MR) is 73.5 cm³/mol. The summed E-state index contributed by atoms with van der Waals surface area (Å²) in [4.78, 5) is 14.0. The van der Waals surface area contributed by atoms with Gasteiger partial charge in [-0.3, -0.25) is 4.79 Å². The van der Waals surface area contributed by atoms with Gasteiger partial charge >= 0.3 is 0 Å². The molecular formula is C14H28N2O2. The second-order valence-electron chi connectivity index (χ2n) is 5.41. The zero-order chi connectivity index (χ0) is 13.4. The van der Waals surface area contributed by atoms with Crippen LogP contribution in [0.25, 0.3) is 0 Å². The Hall–Kier alpha value is -0.610. The van der Waals surface area contributed by atoms with E-state index in [0.717, 1.165) is 32.8 Å². The highest BCUT2D eigenvalue weighted by Gasteiger charge is 2.20. The van der Waals surface area contributed by atoms with Gasteiger partial charge in [0.2, 0.25) is 5.91 Å². The SMILES string of the molecule is CCOCCN1CCC[C@H](CNC(=O)C(C)C)C1. The highest BCUT2D eigenvalue weighted by molar-refractivity contribution is 5.77. The molecule has 1 saturated heterocycles. The van der Waals surface area contributed by atoms with Crippen LogP contribution in [-0.2, 0) is 9.53 Å². The lowest BCUT2D eigenvalue weighted by molar-refractivity contribution is -0.124. The van der Waals surface area contributed by atoms with Crippen molar-refractivity contribution in [2.75, 3.05) is 39.4 Å². The molecule has 1 aliphatic heterocycles. The van der Waals surface area contributed by atoms with Crippen molar-refractivity contribution in [3.63, 3.8) is 0 Å². The van der Waals surface area contributed by atoms with Crippen LogP contribution in [0.15, 0.2) is 0 Å². The maximum atomic E-state index is 11.5. The van der Waals surface area contributed by atoms with E-state index in [1.165, 1.54) is 19.4 Å². The fourth-order valence-electron chi connectivity index (χ4n) is 2.31. The Morgan fingerprint density at radius 3 is 2.94 bits per heavy atom. The van der Waals surface area contributed by atoms with E-state index >= 15 is 0 Å². The molecule has 106 valence electrons. The second kappa shape index (κ2) is 8.48. The average molecular weight is 256 g/mol. The molecule has 1 heterocycles. The zero-order valence-corrected chi connectivity index (χ0v) is 12.1. The number of carbonyl (C=O) groups is 1. The van der Waals surface area contributed by atoms with Gasteiger partial charge < -0.3 is 15.0 Å². The van der Waals surface area contributed by atoms with Gasteiger partial charge in [-0.15, -0.1) is 0 Å². The van der Waals surface area contributed by atoms with Crippen molar-refractivity contribution in [2.45, 2.75) is 33.6 Å². The summed E-state index contributed by atoms with van der Waals surface area (Å²) in [7, 11) is 0. The van der Waals surface area contributed by atoms with Crippen LogP contribution in [0.2, 0.25) is 0 Å². The minimum atomic E-state index is 0.0858.